The van der Waals surface area contributed by atoms with Gasteiger partial charge in [0.1, 0.15) is 11.1 Å². The molecule has 38 heavy (non-hydrogen) atoms. The number of benzene rings is 2. The smallest absolute Gasteiger partial charge is 0.257 e. The van der Waals surface area contributed by atoms with Crippen LogP contribution in [0.25, 0.3) is 0 Å². The molecule has 0 saturated heterocycles. The predicted octanol–water partition coefficient (Wildman–Crippen LogP) is 6.59. The minimum absolute atomic E-state index is 0.00901. The monoisotopic (exact) mass is 586 g/mol. The second kappa shape index (κ2) is 12.2. The van der Waals surface area contributed by atoms with E-state index in [9.17, 15) is 19.6 Å². The molecule has 11 heteroatoms. The SMILES string of the molecule is CCC(Sc1cccc(NC(=O)c2ccc(Cl)cc2Cl)c1)C(=O)Nc1sc2c(c1C#N)CCN(C(C)=O)C2. The lowest BCUT2D eigenvalue weighted by Gasteiger charge is -2.25. The summed E-state index contributed by atoms with van der Waals surface area (Å²) >= 11 is 14.8. The molecule has 0 fully saturated rings. The van der Waals surface area contributed by atoms with Crippen LogP contribution < -0.4 is 10.6 Å². The number of carbonyl (C=O) groups excluding carboxylic acids is 3. The second-order valence-electron chi connectivity index (χ2n) is 8.62. The molecule has 3 amide bonds. The molecule has 3 aromatic rings. The molecule has 1 aromatic heterocycles. The van der Waals surface area contributed by atoms with Crippen molar-refractivity contribution in [2.75, 3.05) is 17.2 Å². The van der Waals surface area contributed by atoms with Crippen molar-refractivity contribution in [2.45, 2.75) is 43.4 Å². The van der Waals surface area contributed by atoms with Crippen LogP contribution in [0.2, 0.25) is 10.0 Å². The number of nitriles is 1. The van der Waals surface area contributed by atoms with Crippen LogP contribution in [0.3, 0.4) is 0 Å². The fourth-order valence-electron chi connectivity index (χ4n) is 4.08. The quantitative estimate of drug-likeness (QED) is 0.304. The van der Waals surface area contributed by atoms with E-state index in [1.165, 1.54) is 36.1 Å². The minimum Gasteiger partial charge on any atom is -0.337 e. The van der Waals surface area contributed by atoms with E-state index in [0.717, 1.165) is 15.3 Å². The van der Waals surface area contributed by atoms with Gasteiger partial charge in [-0.15, -0.1) is 23.1 Å². The van der Waals surface area contributed by atoms with Gasteiger partial charge < -0.3 is 15.5 Å². The summed E-state index contributed by atoms with van der Waals surface area (Å²) in [5, 5.41) is 16.3. The highest BCUT2D eigenvalue weighted by atomic mass is 35.5. The number of fused-ring (bicyclic) bond motifs is 1. The summed E-state index contributed by atoms with van der Waals surface area (Å²) in [4.78, 5) is 41.2. The van der Waals surface area contributed by atoms with Crippen LogP contribution in [0.5, 0.6) is 0 Å². The van der Waals surface area contributed by atoms with Gasteiger partial charge in [-0.3, -0.25) is 14.4 Å². The summed E-state index contributed by atoms with van der Waals surface area (Å²) in [6, 6.07) is 14.1. The maximum absolute atomic E-state index is 13.2. The van der Waals surface area contributed by atoms with Crippen molar-refractivity contribution in [3.63, 3.8) is 0 Å². The van der Waals surface area contributed by atoms with Crippen LogP contribution in [0, 0.1) is 11.3 Å². The molecule has 0 bridgehead atoms. The van der Waals surface area contributed by atoms with E-state index >= 15 is 0 Å². The first-order valence-electron chi connectivity index (χ1n) is 11.8. The fourth-order valence-corrected chi connectivity index (χ4v) is 6.80. The van der Waals surface area contributed by atoms with E-state index < -0.39 is 5.25 Å². The maximum atomic E-state index is 13.2. The molecular formula is C27H24Cl2N4O3S2. The minimum atomic E-state index is -0.425. The molecule has 0 spiro atoms. The van der Waals surface area contributed by atoms with Crippen molar-refractivity contribution < 1.29 is 14.4 Å². The Balaban J connectivity index is 1.45. The number of carbonyl (C=O) groups is 3. The summed E-state index contributed by atoms with van der Waals surface area (Å²) in [7, 11) is 0. The molecule has 1 atom stereocenters. The standard InChI is InChI=1S/C27H24Cl2N4O3S2/c1-3-23(26(36)32-27-21(13-30)19-9-10-33(15(2)34)14-24(19)38-27)37-18-6-4-5-17(12-18)31-25(35)20-8-7-16(28)11-22(20)29/h4-8,11-12,23H,3,9-10,14H2,1-2H3,(H,31,35)(H,32,36). The summed E-state index contributed by atoms with van der Waals surface area (Å²) in [6.07, 6.45) is 1.15. The number of thiophene rings is 1. The number of nitrogens with one attached hydrogen (secondary N) is 2. The third kappa shape index (κ3) is 6.33. The summed E-state index contributed by atoms with van der Waals surface area (Å²) in [5.41, 5.74) is 2.26. The van der Waals surface area contributed by atoms with Gasteiger partial charge in [-0.2, -0.15) is 5.26 Å². The fraction of sp³-hybridized carbons (Fsp3) is 0.259. The Bertz CT molecular complexity index is 1450. The Kier molecular flexibility index (Phi) is 9.00. The number of hydrogen-bond donors (Lipinski definition) is 2. The highest BCUT2D eigenvalue weighted by molar-refractivity contribution is 8.00. The molecule has 0 saturated carbocycles. The van der Waals surface area contributed by atoms with Crippen molar-refractivity contribution >= 4 is 74.7 Å². The molecule has 2 N–H and O–H groups in total. The zero-order valence-electron chi connectivity index (χ0n) is 20.6. The van der Waals surface area contributed by atoms with Crippen LogP contribution in [0.1, 0.15) is 46.6 Å². The molecule has 196 valence electrons. The summed E-state index contributed by atoms with van der Waals surface area (Å²) in [5.74, 6) is -0.587. The normalized spacial score (nSPS) is 13.3. The van der Waals surface area contributed by atoms with Crippen LogP contribution in [0.4, 0.5) is 10.7 Å². The first kappa shape index (κ1) is 28.0. The molecule has 1 aliphatic heterocycles. The van der Waals surface area contributed by atoms with Gasteiger partial charge in [-0.1, -0.05) is 36.2 Å². The van der Waals surface area contributed by atoms with Crippen LogP contribution in [-0.4, -0.2) is 34.4 Å². The van der Waals surface area contributed by atoms with Crippen molar-refractivity contribution in [3.8, 4) is 6.07 Å². The zero-order chi connectivity index (χ0) is 27.4. The third-order valence-corrected chi connectivity index (χ3v) is 9.10. The van der Waals surface area contributed by atoms with Gasteiger partial charge in [0.25, 0.3) is 5.91 Å². The van der Waals surface area contributed by atoms with Gasteiger partial charge in [0.15, 0.2) is 0 Å². The first-order chi connectivity index (χ1) is 18.2. The Morgan fingerprint density at radius 1 is 1.18 bits per heavy atom. The lowest BCUT2D eigenvalue weighted by atomic mass is 10.0. The number of amides is 3. The Labute approximate surface area is 239 Å². The molecule has 1 aliphatic rings. The molecule has 0 aliphatic carbocycles. The Morgan fingerprint density at radius 2 is 1.97 bits per heavy atom. The number of anilines is 2. The zero-order valence-corrected chi connectivity index (χ0v) is 23.8. The molecular weight excluding hydrogens is 563 g/mol. The van der Waals surface area contributed by atoms with E-state index in [2.05, 4.69) is 16.7 Å². The largest absolute Gasteiger partial charge is 0.337 e. The van der Waals surface area contributed by atoms with E-state index in [4.69, 9.17) is 23.2 Å². The van der Waals surface area contributed by atoms with Gasteiger partial charge in [0, 0.05) is 34.0 Å². The molecule has 4 rings (SSSR count). The Hall–Kier alpha value is -3.03. The van der Waals surface area contributed by atoms with Gasteiger partial charge in [0.2, 0.25) is 11.8 Å². The molecule has 2 aromatic carbocycles. The topological polar surface area (TPSA) is 102 Å². The van der Waals surface area contributed by atoms with E-state index in [1.807, 2.05) is 13.0 Å². The summed E-state index contributed by atoms with van der Waals surface area (Å²) in [6.45, 7) is 4.46. The van der Waals surface area contributed by atoms with Crippen molar-refractivity contribution in [3.05, 3.63) is 74.1 Å². The number of halogens is 2. The van der Waals surface area contributed by atoms with Crippen LogP contribution >= 0.6 is 46.3 Å². The Morgan fingerprint density at radius 3 is 2.66 bits per heavy atom. The van der Waals surface area contributed by atoms with Crippen molar-refractivity contribution in [1.82, 2.24) is 4.90 Å². The van der Waals surface area contributed by atoms with E-state index in [-0.39, 0.29) is 22.7 Å². The van der Waals surface area contributed by atoms with E-state index in [0.29, 0.717) is 52.8 Å². The van der Waals surface area contributed by atoms with Crippen LogP contribution in [0.15, 0.2) is 47.4 Å². The van der Waals surface area contributed by atoms with Gasteiger partial charge in [0.05, 0.1) is 27.9 Å². The van der Waals surface area contributed by atoms with E-state index in [1.54, 1.807) is 35.2 Å². The highest BCUT2D eigenvalue weighted by Gasteiger charge is 2.28. The lowest BCUT2D eigenvalue weighted by molar-refractivity contribution is -0.129. The van der Waals surface area contributed by atoms with Crippen molar-refractivity contribution in [2.24, 2.45) is 0 Å². The predicted molar refractivity (Wildman–Crippen MR) is 153 cm³/mol. The van der Waals surface area contributed by atoms with Gasteiger partial charge >= 0.3 is 0 Å². The number of hydrogen-bond acceptors (Lipinski definition) is 6. The second-order valence-corrected chi connectivity index (χ2v) is 11.8. The maximum Gasteiger partial charge on any atom is 0.257 e. The van der Waals surface area contributed by atoms with Crippen LogP contribution in [-0.2, 0) is 22.6 Å². The molecule has 2 heterocycles. The molecule has 1 unspecified atom stereocenters. The lowest BCUT2D eigenvalue weighted by Crippen LogP contribution is -2.33. The molecule has 7 nitrogen and oxygen atoms in total. The first-order valence-corrected chi connectivity index (χ1v) is 14.3. The number of nitrogens with zero attached hydrogens (tertiary/aromatic N) is 2. The summed E-state index contributed by atoms with van der Waals surface area (Å²) < 4.78 is 0. The average Bonchev–Trinajstić information content (AvgIpc) is 3.23. The van der Waals surface area contributed by atoms with Gasteiger partial charge in [-0.25, -0.2) is 0 Å². The average molecular weight is 588 g/mol. The van der Waals surface area contributed by atoms with Gasteiger partial charge in [-0.05, 0) is 54.8 Å². The number of rotatable bonds is 7. The van der Waals surface area contributed by atoms with Crippen molar-refractivity contribution in [1.29, 1.82) is 5.26 Å². The highest BCUT2D eigenvalue weighted by Crippen LogP contribution is 2.37. The third-order valence-electron chi connectivity index (χ3n) is 6.06. The number of thioether (sulfide) groups is 1. The molecule has 0 radical (unpaired) electrons.